The summed E-state index contributed by atoms with van der Waals surface area (Å²) in [7, 11) is 1.76. The van der Waals surface area contributed by atoms with Gasteiger partial charge in [-0.3, -0.25) is 14.5 Å². The standard InChI is InChI=1S/C18H18FN5O/c1-3-20-18(25)13-9-15(8-12-5-4-6-14(19)7-12)21-16(10-13)17-11-24(2)23-22-17/h4-7,9-11H,3,8H2,1-2H3,(H,20,25). The lowest BCUT2D eigenvalue weighted by molar-refractivity contribution is 0.0955. The third-order valence-corrected chi connectivity index (χ3v) is 3.62. The van der Waals surface area contributed by atoms with Crippen molar-refractivity contribution in [1.29, 1.82) is 0 Å². The van der Waals surface area contributed by atoms with Gasteiger partial charge in [0, 0.05) is 31.3 Å². The molecule has 0 saturated heterocycles. The molecule has 1 N–H and O–H groups in total. The number of carbonyl (C=O) groups is 1. The highest BCUT2D eigenvalue weighted by molar-refractivity contribution is 5.95. The third-order valence-electron chi connectivity index (χ3n) is 3.62. The molecule has 3 rings (SSSR count). The average molecular weight is 339 g/mol. The van der Waals surface area contributed by atoms with E-state index in [-0.39, 0.29) is 11.7 Å². The quantitative estimate of drug-likeness (QED) is 0.774. The number of aromatic nitrogens is 4. The van der Waals surface area contributed by atoms with Crippen molar-refractivity contribution in [2.24, 2.45) is 7.05 Å². The predicted molar refractivity (Wildman–Crippen MR) is 91.4 cm³/mol. The fourth-order valence-electron chi connectivity index (χ4n) is 2.52. The van der Waals surface area contributed by atoms with Crippen LogP contribution >= 0.6 is 0 Å². The molecule has 6 nitrogen and oxygen atoms in total. The molecule has 2 heterocycles. The largest absolute Gasteiger partial charge is 0.352 e. The van der Waals surface area contributed by atoms with Crippen LogP contribution in [0.1, 0.15) is 28.5 Å². The van der Waals surface area contributed by atoms with Crippen LogP contribution < -0.4 is 5.32 Å². The van der Waals surface area contributed by atoms with E-state index in [1.165, 1.54) is 12.1 Å². The zero-order valence-corrected chi connectivity index (χ0v) is 14.0. The molecule has 2 aromatic heterocycles. The van der Waals surface area contributed by atoms with Gasteiger partial charge in [0.05, 0.1) is 11.9 Å². The molecule has 0 fully saturated rings. The number of aryl methyl sites for hydroxylation is 1. The first-order chi connectivity index (χ1) is 12.0. The fraction of sp³-hybridized carbons (Fsp3) is 0.222. The van der Waals surface area contributed by atoms with Gasteiger partial charge in [0.15, 0.2) is 0 Å². The summed E-state index contributed by atoms with van der Waals surface area (Å²) in [5, 5.41) is 10.7. The van der Waals surface area contributed by atoms with Crippen molar-refractivity contribution in [1.82, 2.24) is 25.3 Å². The maximum absolute atomic E-state index is 13.4. The molecule has 1 aromatic carbocycles. The first-order valence-electron chi connectivity index (χ1n) is 7.95. The van der Waals surface area contributed by atoms with E-state index in [2.05, 4.69) is 20.6 Å². The number of halogens is 1. The smallest absolute Gasteiger partial charge is 0.251 e. The van der Waals surface area contributed by atoms with Gasteiger partial charge < -0.3 is 5.32 Å². The van der Waals surface area contributed by atoms with Gasteiger partial charge in [-0.05, 0) is 36.8 Å². The van der Waals surface area contributed by atoms with Gasteiger partial charge in [0.1, 0.15) is 11.5 Å². The molecule has 0 bridgehead atoms. The van der Waals surface area contributed by atoms with Crippen LogP contribution in [0.3, 0.4) is 0 Å². The first-order valence-corrected chi connectivity index (χ1v) is 7.95. The Kier molecular flexibility index (Phi) is 4.83. The second-order valence-corrected chi connectivity index (χ2v) is 5.68. The van der Waals surface area contributed by atoms with E-state index in [9.17, 15) is 9.18 Å². The van der Waals surface area contributed by atoms with Gasteiger partial charge in [-0.1, -0.05) is 17.3 Å². The number of benzene rings is 1. The molecule has 3 aromatic rings. The van der Waals surface area contributed by atoms with Crippen molar-refractivity contribution in [2.75, 3.05) is 6.54 Å². The molecular weight excluding hydrogens is 321 g/mol. The summed E-state index contributed by atoms with van der Waals surface area (Å²) in [4.78, 5) is 16.8. The lowest BCUT2D eigenvalue weighted by atomic mass is 10.1. The SMILES string of the molecule is CCNC(=O)c1cc(Cc2cccc(F)c2)nc(-c2cn(C)nn2)c1. The van der Waals surface area contributed by atoms with Crippen molar-refractivity contribution in [2.45, 2.75) is 13.3 Å². The van der Waals surface area contributed by atoms with Crippen LogP contribution in [-0.2, 0) is 13.5 Å². The van der Waals surface area contributed by atoms with Gasteiger partial charge in [0.2, 0.25) is 0 Å². The molecule has 128 valence electrons. The zero-order chi connectivity index (χ0) is 17.8. The zero-order valence-electron chi connectivity index (χ0n) is 14.0. The number of amides is 1. The van der Waals surface area contributed by atoms with Gasteiger partial charge in [-0.25, -0.2) is 4.39 Å². The first kappa shape index (κ1) is 16.8. The Hall–Kier alpha value is -3.09. The second-order valence-electron chi connectivity index (χ2n) is 5.68. The van der Waals surface area contributed by atoms with Gasteiger partial charge in [0.25, 0.3) is 5.91 Å². The fourth-order valence-corrected chi connectivity index (χ4v) is 2.52. The number of nitrogens with one attached hydrogen (secondary N) is 1. The van der Waals surface area contributed by atoms with E-state index in [4.69, 9.17) is 0 Å². The molecule has 7 heteroatoms. The normalized spacial score (nSPS) is 10.7. The molecule has 0 unspecified atom stereocenters. The molecule has 0 atom stereocenters. The minimum absolute atomic E-state index is 0.185. The number of rotatable bonds is 5. The number of carbonyl (C=O) groups excluding carboxylic acids is 1. The van der Waals surface area contributed by atoms with E-state index in [0.29, 0.717) is 35.6 Å². The minimum atomic E-state index is -0.300. The molecule has 25 heavy (non-hydrogen) atoms. The van der Waals surface area contributed by atoms with E-state index in [1.807, 2.05) is 13.0 Å². The van der Waals surface area contributed by atoms with Crippen molar-refractivity contribution in [3.05, 3.63) is 65.2 Å². The van der Waals surface area contributed by atoms with Crippen LogP contribution in [0, 0.1) is 5.82 Å². The van der Waals surface area contributed by atoms with E-state index >= 15 is 0 Å². The molecule has 0 saturated carbocycles. The van der Waals surface area contributed by atoms with Crippen LogP contribution in [0.5, 0.6) is 0 Å². The lowest BCUT2D eigenvalue weighted by Crippen LogP contribution is -2.23. The van der Waals surface area contributed by atoms with Crippen LogP contribution in [0.15, 0.2) is 42.6 Å². The molecular formula is C18H18FN5O. The summed E-state index contributed by atoms with van der Waals surface area (Å²) in [6.07, 6.45) is 2.15. The van der Waals surface area contributed by atoms with Crippen molar-refractivity contribution < 1.29 is 9.18 Å². The Balaban J connectivity index is 2.01. The second kappa shape index (κ2) is 7.21. The topological polar surface area (TPSA) is 72.7 Å². The van der Waals surface area contributed by atoms with Crippen LogP contribution in [0.2, 0.25) is 0 Å². The number of pyridine rings is 1. The van der Waals surface area contributed by atoms with Crippen LogP contribution in [-0.4, -0.2) is 32.4 Å². The number of nitrogens with zero attached hydrogens (tertiary/aromatic N) is 4. The summed E-state index contributed by atoms with van der Waals surface area (Å²) in [6.45, 7) is 2.39. The molecule has 0 aliphatic carbocycles. The number of hydrogen-bond donors (Lipinski definition) is 1. The maximum Gasteiger partial charge on any atom is 0.251 e. The van der Waals surface area contributed by atoms with E-state index < -0.39 is 0 Å². The Labute approximate surface area is 144 Å². The van der Waals surface area contributed by atoms with Crippen LogP contribution in [0.4, 0.5) is 4.39 Å². The number of hydrogen-bond acceptors (Lipinski definition) is 4. The summed E-state index contributed by atoms with van der Waals surface area (Å²) in [6, 6.07) is 9.74. The summed E-state index contributed by atoms with van der Waals surface area (Å²) in [5.41, 5.74) is 3.07. The summed E-state index contributed by atoms with van der Waals surface area (Å²) in [5.74, 6) is -0.484. The summed E-state index contributed by atoms with van der Waals surface area (Å²) < 4.78 is 15.0. The summed E-state index contributed by atoms with van der Waals surface area (Å²) >= 11 is 0. The molecule has 0 spiro atoms. The van der Waals surface area contributed by atoms with E-state index in [1.54, 1.807) is 36.1 Å². The molecule has 0 aliphatic rings. The lowest BCUT2D eigenvalue weighted by Gasteiger charge is -2.08. The molecule has 0 aliphatic heterocycles. The van der Waals surface area contributed by atoms with Gasteiger partial charge >= 0.3 is 0 Å². The maximum atomic E-state index is 13.4. The van der Waals surface area contributed by atoms with Crippen LogP contribution in [0.25, 0.3) is 11.4 Å². The molecule has 0 radical (unpaired) electrons. The Morgan fingerprint density at radius 3 is 2.76 bits per heavy atom. The average Bonchev–Trinajstić information content (AvgIpc) is 3.01. The van der Waals surface area contributed by atoms with Crippen molar-refractivity contribution in [3.63, 3.8) is 0 Å². The van der Waals surface area contributed by atoms with Gasteiger partial charge in [-0.2, -0.15) is 0 Å². The Morgan fingerprint density at radius 2 is 2.08 bits per heavy atom. The highest BCUT2D eigenvalue weighted by Crippen LogP contribution is 2.19. The molecule has 1 amide bonds. The highest BCUT2D eigenvalue weighted by Gasteiger charge is 2.13. The minimum Gasteiger partial charge on any atom is -0.352 e. The predicted octanol–water partition coefficient (Wildman–Crippen LogP) is 2.36. The Bertz CT molecular complexity index is 906. The Morgan fingerprint density at radius 1 is 1.24 bits per heavy atom. The van der Waals surface area contributed by atoms with Gasteiger partial charge in [-0.15, -0.1) is 5.10 Å². The monoisotopic (exact) mass is 339 g/mol. The highest BCUT2D eigenvalue weighted by atomic mass is 19.1. The third kappa shape index (κ3) is 4.06. The van der Waals surface area contributed by atoms with Crippen molar-refractivity contribution in [3.8, 4) is 11.4 Å². The van der Waals surface area contributed by atoms with E-state index in [0.717, 1.165) is 5.56 Å². The van der Waals surface area contributed by atoms with Crippen molar-refractivity contribution >= 4 is 5.91 Å².